The van der Waals surface area contributed by atoms with Gasteiger partial charge in [-0.2, -0.15) is 0 Å². The molecule has 4 nitrogen and oxygen atoms in total. The summed E-state index contributed by atoms with van der Waals surface area (Å²) < 4.78 is 13.4. The van der Waals surface area contributed by atoms with Crippen LogP contribution in [0.5, 0.6) is 0 Å². The van der Waals surface area contributed by atoms with E-state index < -0.39 is 11.8 Å². The van der Waals surface area contributed by atoms with E-state index in [1.165, 1.54) is 11.6 Å². The van der Waals surface area contributed by atoms with Crippen molar-refractivity contribution in [3.8, 4) is 0 Å². The third-order valence-corrected chi connectivity index (χ3v) is 3.32. The number of hydrogen-bond donors (Lipinski definition) is 2. The largest absolute Gasteiger partial charge is 0.478 e. The van der Waals surface area contributed by atoms with E-state index in [4.69, 9.17) is 5.11 Å². The van der Waals surface area contributed by atoms with Gasteiger partial charge < -0.3 is 10.1 Å². The summed E-state index contributed by atoms with van der Waals surface area (Å²) in [6.07, 6.45) is 0.537. The third kappa shape index (κ3) is 2.63. The summed E-state index contributed by atoms with van der Waals surface area (Å²) in [7, 11) is 0. The topological polar surface area (TPSA) is 66.0 Å². The summed E-state index contributed by atoms with van der Waals surface area (Å²) in [5.41, 5.74) is 2.77. The Morgan fingerprint density at radius 1 is 1.29 bits per heavy atom. The van der Waals surface area contributed by atoms with E-state index in [0.29, 0.717) is 17.8 Å². The van der Waals surface area contributed by atoms with Crippen molar-refractivity contribution in [1.29, 1.82) is 0 Å². The number of carbonyl (C=O) groups is 1. The van der Waals surface area contributed by atoms with Gasteiger partial charge in [-0.15, -0.1) is 0 Å². The van der Waals surface area contributed by atoms with E-state index in [9.17, 15) is 9.18 Å². The number of rotatable bonds is 3. The Labute approximate surface area is 120 Å². The first-order chi connectivity index (χ1) is 10.0. The zero-order valence-electron chi connectivity index (χ0n) is 11.4. The molecule has 106 valence electrons. The van der Waals surface area contributed by atoms with Gasteiger partial charge in [0.2, 0.25) is 0 Å². The fourth-order valence-corrected chi connectivity index (χ4v) is 2.28. The van der Waals surface area contributed by atoms with Gasteiger partial charge in [0.25, 0.3) is 0 Å². The maximum Gasteiger partial charge on any atom is 0.338 e. The molecule has 0 aliphatic rings. The number of hydrogen-bond acceptors (Lipinski definition) is 2. The number of halogens is 1. The quantitative estimate of drug-likeness (QED) is 0.775. The zero-order chi connectivity index (χ0) is 15.0. The lowest BCUT2D eigenvalue weighted by atomic mass is 10.1. The van der Waals surface area contributed by atoms with Crippen molar-refractivity contribution in [3.63, 3.8) is 0 Å². The van der Waals surface area contributed by atoms with Crippen LogP contribution in [0.3, 0.4) is 0 Å². The molecule has 0 fully saturated rings. The van der Waals surface area contributed by atoms with E-state index in [2.05, 4.69) is 9.97 Å². The molecule has 1 aromatic heterocycles. The number of fused-ring (bicyclic) bond motifs is 1. The first-order valence-corrected chi connectivity index (χ1v) is 6.50. The predicted molar refractivity (Wildman–Crippen MR) is 77.0 cm³/mol. The van der Waals surface area contributed by atoms with Crippen molar-refractivity contribution in [2.24, 2.45) is 0 Å². The molecule has 0 atom stereocenters. The van der Waals surface area contributed by atoms with Gasteiger partial charge in [-0.1, -0.05) is 29.8 Å². The molecular formula is C16H13FN2O2. The molecule has 1 heterocycles. The van der Waals surface area contributed by atoms with Gasteiger partial charge in [-0.05, 0) is 24.6 Å². The van der Waals surface area contributed by atoms with Crippen LogP contribution in [-0.4, -0.2) is 21.0 Å². The zero-order valence-corrected chi connectivity index (χ0v) is 11.4. The second-order valence-corrected chi connectivity index (χ2v) is 5.00. The highest BCUT2D eigenvalue weighted by Gasteiger charge is 2.15. The van der Waals surface area contributed by atoms with E-state index in [1.54, 1.807) is 0 Å². The van der Waals surface area contributed by atoms with Gasteiger partial charge in [0.15, 0.2) is 0 Å². The van der Waals surface area contributed by atoms with Gasteiger partial charge in [-0.25, -0.2) is 14.2 Å². The van der Waals surface area contributed by atoms with Gasteiger partial charge >= 0.3 is 5.97 Å². The first kappa shape index (κ1) is 13.3. The molecule has 0 aliphatic carbocycles. The minimum Gasteiger partial charge on any atom is -0.478 e. The van der Waals surface area contributed by atoms with Gasteiger partial charge in [0.05, 0.1) is 11.1 Å². The molecule has 0 amide bonds. The summed E-state index contributed by atoms with van der Waals surface area (Å²) in [4.78, 5) is 18.4. The lowest BCUT2D eigenvalue weighted by Gasteiger charge is -1.98. The average molecular weight is 284 g/mol. The van der Waals surface area contributed by atoms with E-state index in [1.807, 2.05) is 31.2 Å². The Bertz CT molecular complexity index is 822. The smallest absolute Gasteiger partial charge is 0.338 e. The molecule has 0 radical (unpaired) electrons. The van der Waals surface area contributed by atoms with Crippen molar-refractivity contribution in [2.75, 3.05) is 0 Å². The minimum absolute atomic E-state index is 0.128. The Kier molecular flexibility index (Phi) is 3.17. The molecule has 0 bridgehead atoms. The number of aromatic amines is 1. The fourth-order valence-electron chi connectivity index (χ4n) is 2.28. The molecule has 0 aliphatic heterocycles. The lowest BCUT2D eigenvalue weighted by Crippen LogP contribution is -1.98. The number of imidazole rings is 1. The highest BCUT2D eigenvalue weighted by Crippen LogP contribution is 2.20. The standard InChI is InChI=1S/C16H13FN2O2/c1-9-2-4-10(5-3-9)6-14-18-13-8-11(17)7-12(16(20)21)15(13)19-14/h2-5,7-8H,6H2,1H3,(H,18,19)(H,20,21). The van der Waals surface area contributed by atoms with Crippen LogP contribution in [0, 0.1) is 12.7 Å². The highest BCUT2D eigenvalue weighted by molar-refractivity contribution is 6.00. The number of carboxylic acid groups (broad SMARTS) is 1. The molecule has 2 N–H and O–H groups in total. The SMILES string of the molecule is Cc1ccc(Cc2nc3c(C(=O)O)cc(F)cc3[nH]2)cc1. The fraction of sp³-hybridized carbons (Fsp3) is 0.125. The number of nitrogens with zero attached hydrogens (tertiary/aromatic N) is 1. The summed E-state index contributed by atoms with van der Waals surface area (Å²) in [6.45, 7) is 2.01. The van der Waals surface area contributed by atoms with Crippen molar-refractivity contribution in [1.82, 2.24) is 9.97 Å². The van der Waals surface area contributed by atoms with Crippen molar-refractivity contribution >= 4 is 17.0 Å². The maximum atomic E-state index is 13.4. The number of nitrogens with one attached hydrogen (secondary N) is 1. The Morgan fingerprint density at radius 3 is 2.67 bits per heavy atom. The van der Waals surface area contributed by atoms with Crippen LogP contribution in [0.15, 0.2) is 36.4 Å². The van der Waals surface area contributed by atoms with E-state index in [0.717, 1.165) is 11.6 Å². The van der Waals surface area contributed by atoms with Crippen molar-refractivity contribution in [3.05, 3.63) is 64.7 Å². The summed E-state index contributed by atoms with van der Waals surface area (Å²) in [6, 6.07) is 10.2. The maximum absolute atomic E-state index is 13.4. The molecule has 0 unspecified atom stereocenters. The first-order valence-electron chi connectivity index (χ1n) is 6.50. The Morgan fingerprint density at radius 2 is 2.00 bits per heavy atom. The van der Waals surface area contributed by atoms with E-state index in [-0.39, 0.29) is 11.1 Å². The van der Waals surface area contributed by atoms with Crippen molar-refractivity contribution in [2.45, 2.75) is 13.3 Å². The monoisotopic (exact) mass is 284 g/mol. The second kappa shape index (κ2) is 5.01. The summed E-state index contributed by atoms with van der Waals surface area (Å²) in [5, 5.41) is 9.12. The molecular weight excluding hydrogens is 271 g/mol. The van der Waals surface area contributed by atoms with E-state index >= 15 is 0 Å². The van der Waals surface area contributed by atoms with Crippen LogP contribution in [0.25, 0.3) is 11.0 Å². The van der Waals surface area contributed by atoms with Crippen LogP contribution in [0.1, 0.15) is 27.3 Å². The minimum atomic E-state index is -1.19. The number of carboxylic acids is 1. The van der Waals surface area contributed by atoms with Crippen LogP contribution in [0.4, 0.5) is 4.39 Å². The van der Waals surface area contributed by atoms with Gasteiger partial charge in [0.1, 0.15) is 17.2 Å². The van der Waals surface area contributed by atoms with Crippen molar-refractivity contribution < 1.29 is 14.3 Å². The molecule has 0 saturated heterocycles. The Hall–Kier alpha value is -2.69. The van der Waals surface area contributed by atoms with Crippen LogP contribution in [-0.2, 0) is 6.42 Å². The van der Waals surface area contributed by atoms with Crippen LogP contribution < -0.4 is 0 Å². The van der Waals surface area contributed by atoms with Crippen LogP contribution in [0.2, 0.25) is 0 Å². The highest BCUT2D eigenvalue weighted by atomic mass is 19.1. The second-order valence-electron chi connectivity index (χ2n) is 5.00. The predicted octanol–water partition coefficient (Wildman–Crippen LogP) is 3.30. The molecule has 5 heteroatoms. The van der Waals surface area contributed by atoms with Gasteiger partial charge in [-0.3, -0.25) is 0 Å². The molecule has 0 spiro atoms. The Balaban J connectivity index is 2.02. The molecule has 3 aromatic rings. The average Bonchev–Trinajstić information content (AvgIpc) is 2.82. The number of benzene rings is 2. The van der Waals surface area contributed by atoms with Crippen LogP contribution >= 0.6 is 0 Å². The number of H-pyrrole nitrogens is 1. The number of aromatic carboxylic acids is 1. The number of aromatic nitrogens is 2. The van der Waals surface area contributed by atoms with Gasteiger partial charge in [0, 0.05) is 6.42 Å². The summed E-state index contributed by atoms with van der Waals surface area (Å²) in [5.74, 6) is -1.17. The normalized spacial score (nSPS) is 11.0. The molecule has 2 aromatic carbocycles. The summed E-state index contributed by atoms with van der Waals surface area (Å²) >= 11 is 0. The molecule has 21 heavy (non-hydrogen) atoms. The molecule has 3 rings (SSSR count). The molecule has 0 saturated carbocycles. The number of aryl methyl sites for hydroxylation is 1. The third-order valence-electron chi connectivity index (χ3n) is 3.32. The lowest BCUT2D eigenvalue weighted by molar-refractivity contribution is 0.0698.